The number of hydrogen-bond acceptors (Lipinski definition) is 1. The van der Waals surface area contributed by atoms with E-state index in [2.05, 4.69) is 0 Å². The molecule has 0 aromatic heterocycles. The Bertz CT molecular complexity index is 205. The SMILES string of the molecule is N=C1C=CC=CC=CC=C1. The van der Waals surface area contributed by atoms with Crippen molar-refractivity contribution in [3.63, 3.8) is 0 Å². The molecule has 0 heterocycles. The molecule has 1 heteroatoms. The van der Waals surface area contributed by atoms with Gasteiger partial charge in [0.25, 0.3) is 0 Å². The summed E-state index contributed by atoms with van der Waals surface area (Å²) in [7, 11) is 0. The second-order valence-electron chi connectivity index (χ2n) is 1.94. The molecule has 0 bridgehead atoms. The van der Waals surface area contributed by atoms with E-state index in [-0.39, 0.29) is 0 Å². The third kappa shape index (κ3) is 2.27. The Labute approximate surface area is 60.6 Å². The van der Waals surface area contributed by atoms with Crippen molar-refractivity contribution >= 4 is 5.71 Å². The maximum atomic E-state index is 7.28. The van der Waals surface area contributed by atoms with Gasteiger partial charge in [-0.1, -0.05) is 36.5 Å². The highest BCUT2D eigenvalue weighted by Gasteiger charge is 1.79. The normalized spacial score (nSPS) is 16.6. The van der Waals surface area contributed by atoms with Gasteiger partial charge in [-0.3, -0.25) is 0 Å². The Kier molecular flexibility index (Phi) is 2.44. The minimum atomic E-state index is 0.524. The van der Waals surface area contributed by atoms with Crippen LogP contribution in [-0.4, -0.2) is 5.71 Å². The molecule has 50 valence electrons. The van der Waals surface area contributed by atoms with Crippen LogP contribution >= 0.6 is 0 Å². The van der Waals surface area contributed by atoms with Crippen LogP contribution in [0, 0.1) is 5.41 Å². The Morgan fingerprint density at radius 3 is 1.60 bits per heavy atom. The number of hydrogen-bond donors (Lipinski definition) is 1. The molecular weight excluding hydrogens is 122 g/mol. The van der Waals surface area contributed by atoms with Crippen molar-refractivity contribution in [2.45, 2.75) is 0 Å². The van der Waals surface area contributed by atoms with Crippen molar-refractivity contribution in [2.24, 2.45) is 0 Å². The highest BCUT2D eigenvalue weighted by atomic mass is 14.4. The van der Waals surface area contributed by atoms with Crippen molar-refractivity contribution < 1.29 is 0 Å². The van der Waals surface area contributed by atoms with Crippen LogP contribution in [0.25, 0.3) is 0 Å². The number of allylic oxidation sites excluding steroid dienone is 8. The smallest absolute Gasteiger partial charge is 0.0539 e. The molecule has 1 nitrogen and oxygen atoms in total. The van der Waals surface area contributed by atoms with Crippen LogP contribution in [-0.2, 0) is 0 Å². The first-order valence-electron chi connectivity index (χ1n) is 3.16. The molecule has 1 aliphatic carbocycles. The van der Waals surface area contributed by atoms with Crippen molar-refractivity contribution in [2.75, 3.05) is 0 Å². The molecule has 1 N–H and O–H groups in total. The number of rotatable bonds is 0. The van der Waals surface area contributed by atoms with Gasteiger partial charge in [0.1, 0.15) is 0 Å². The summed E-state index contributed by atoms with van der Waals surface area (Å²) in [6.45, 7) is 0. The summed E-state index contributed by atoms with van der Waals surface area (Å²) >= 11 is 0. The summed E-state index contributed by atoms with van der Waals surface area (Å²) in [5.41, 5.74) is 0.524. The Balaban J connectivity index is 2.80. The van der Waals surface area contributed by atoms with E-state index in [9.17, 15) is 0 Å². The van der Waals surface area contributed by atoms with E-state index in [1.54, 1.807) is 12.2 Å². The molecule has 0 aliphatic heterocycles. The van der Waals surface area contributed by atoms with Crippen LogP contribution in [0.1, 0.15) is 0 Å². The second kappa shape index (κ2) is 3.62. The minimum absolute atomic E-state index is 0.524. The lowest BCUT2D eigenvalue weighted by Gasteiger charge is -1.80. The molecule has 0 aromatic carbocycles. The van der Waals surface area contributed by atoms with E-state index < -0.39 is 0 Å². The largest absolute Gasteiger partial charge is 0.301 e. The number of nitrogens with one attached hydrogen (secondary N) is 1. The average molecular weight is 131 g/mol. The molecule has 0 atom stereocenters. The Morgan fingerprint density at radius 2 is 1.10 bits per heavy atom. The second-order valence-corrected chi connectivity index (χ2v) is 1.94. The Hall–Kier alpha value is -1.37. The van der Waals surface area contributed by atoms with Gasteiger partial charge in [0, 0.05) is 0 Å². The third-order valence-electron chi connectivity index (χ3n) is 1.11. The lowest BCUT2D eigenvalue weighted by molar-refractivity contribution is 1.53. The van der Waals surface area contributed by atoms with E-state index in [0.717, 1.165) is 0 Å². The third-order valence-corrected chi connectivity index (χ3v) is 1.11. The quantitative estimate of drug-likeness (QED) is 0.521. The fourth-order valence-corrected chi connectivity index (χ4v) is 0.631. The van der Waals surface area contributed by atoms with Crippen molar-refractivity contribution in [3.8, 4) is 0 Å². The first kappa shape index (κ1) is 6.75. The minimum Gasteiger partial charge on any atom is -0.301 e. The zero-order valence-electron chi connectivity index (χ0n) is 5.62. The summed E-state index contributed by atoms with van der Waals surface area (Å²) in [6, 6.07) is 0. The molecule has 0 unspecified atom stereocenters. The average Bonchev–Trinajstić information content (AvgIpc) is 2.02. The summed E-state index contributed by atoms with van der Waals surface area (Å²) in [6.07, 6.45) is 14.9. The van der Waals surface area contributed by atoms with Crippen LogP contribution in [0.2, 0.25) is 0 Å². The highest BCUT2D eigenvalue weighted by molar-refractivity contribution is 6.01. The first-order valence-corrected chi connectivity index (χ1v) is 3.16. The summed E-state index contributed by atoms with van der Waals surface area (Å²) in [4.78, 5) is 0. The van der Waals surface area contributed by atoms with E-state index >= 15 is 0 Å². The van der Waals surface area contributed by atoms with Crippen LogP contribution in [0.4, 0.5) is 0 Å². The zero-order chi connectivity index (χ0) is 7.23. The van der Waals surface area contributed by atoms with E-state index in [1.807, 2.05) is 36.5 Å². The standard InChI is InChI=1S/C9H9N/c10-9-7-5-3-1-2-4-6-8-9/h1-8,10H. The van der Waals surface area contributed by atoms with Crippen molar-refractivity contribution in [3.05, 3.63) is 48.6 Å². The maximum Gasteiger partial charge on any atom is 0.0539 e. The molecule has 0 saturated carbocycles. The summed E-state index contributed by atoms with van der Waals surface area (Å²) in [5.74, 6) is 0. The molecule has 0 aromatic rings. The topological polar surface area (TPSA) is 23.9 Å². The molecule has 1 rings (SSSR count). The fraction of sp³-hybridized carbons (Fsp3) is 0. The van der Waals surface area contributed by atoms with Crippen molar-refractivity contribution in [1.82, 2.24) is 0 Å². The van der Waals surface area contributed by atoms with E-state index in [4.69, 9.17) is 5.41 Å². The predicted molar refractivity (Wildman–Crippen MR) is 44.3 cm³/mol. The van der Waals surface area contributed by atoms with Crippen LogP contribution < -0.4 is 0 Å². The first-order chi connectivity index (χ1) is 4.89. The van der Waals surface area contributed by atoms with Gasteiger partial charge in [0.05, 0.1) is 5.71 Å². The van der Waals surface area contributed by atoms with Gasteiger partial charge in [-0.05, 0) is 12.2 Å². The molecule has 0 saturated heterocycles. The Morgan fingerprint density at radius 1 is 0.700 bits per heavy atom. The highest BCUT2D eigenvalue weighted by Crippen LogP contribution is 1.89. The molecule has 10 heavy (non-hydrogen) atoms. The predicted octanol–water partition coefficient (Wildman–Crippen LogP) is 2.24. The van der Waals surface area contributed by atoms with Gasteiger partial charge in [-0.2, -0.15) is 0 Å². The summed E-state index contributed by atoms with van der Waals surface area (Å²) in [5, 5.41) is 7.28. The van der Waals surface area contributed by atoms with Gasteiger partial charge >= 0.3 is 0 Å². The molecular formula is C9H9N. The van der Waals surface area contributed by atoms with Gasteiger partial charge in [0.2, 0.25) is 0 Å². The molecule has 0 spiro atoms. The molecule has 0 radical (unpaired) electrons. The van der Waals surface area contributed by atoms with Crippen LogP contribution in [0.5, 0.6) is 0 Å². The lowest BCUT2D eigenvalue weighted by Crippen LogP contribution is -1.80. The van der Waals surface area contributed by atoms with Gasteiger partial charge in [0.15, 0.2) is 0 Å². The summed E-state index contributed by atoms with van der Waals surface area (Å²) < 4.78 is 0. The molecule has 1 aliphatic rings. The van der Waals surface area contributed by atoms with Crippen LogP contribution in [0.3, 0.4) is 0 Å². The van der Waals surface area contributed by atoms with Gasteiger partial charge in [-0.25, -0.2) is 0 Å². The molecule has 0 amide bonds. The van der Waals surface area contributed by atoms with Gasteiger partial charge in [-0.15, -0.1) is 0 Å². The van der Waals surface area contributed by atoms with Crippen LogP contribution in [0.15, 0.2) is 48.6 Å². The molecule has 0 fully saturated rings. The van der Waals surface area contributed by atoms with Crippen molar-refractivity contribution in [1.29, 1.82) is 5.41 Å². The maximum absolute atomic E-state index is 7.28. The lowest BCUT2D eigenvalue weighted by atomic mass is 10.3. The fourth-order valence-electron chi connectivity index (χ4n) is 0.631. The monoisotopic (exact) mass is 131 g/mol. The van der Waals surface area contributed by atoms with E-state index in [0.29, 0.717) is 5.71 Å². The van der Waals surface area contributed by atoms with E-state index in [1.165, 1.54) is 0 Å². The zero-order valence-corrected chi connectivity index (χ0v) is 5.62. The van der Waals surface area contributed by atoms with Gasteiger partial charge < -0.3 is 5.41 Å².